The van der Waals surface area contributed by atoms with Gasteiger partial charge in [0.25, 0.3) is 5.91 Å². The number of hydrogen-bond acceptors (Lipinski definition) is 5. The Hall–Kier alpha value is -2.96. The lowest BCUT2D eigenvalue weighted by atomic mass is 9.85. The molecule has 2 aromatic heterocycles. The number of nitrogens with one attached hydrogen (secondary N) is 2. The number of rotatable bonds is 6. The number of aromatic nitrogens is 1. The lowest BCUT2D eigenvalue weighted by molar-refractivity contribution is -0.126. The van der Waals surface area contributed by atoms with Gasteiger partial charge in [0.1, 0.15) is 5.76 Å². The minimum Gasteiger partial charge on any atom is -0.456 e. The fraction of sp³-hybridized carbons (Fsp3) is 0.429. The van der Waals surface area contributed by atoms with Crippen LogP contribution in [0.3, 0.4) is 0 Å². The second kappa shape index (κ2) is 9.30. The molecular weight excluding hydrogens is 358 g/mol. The predicted molar refractivity (Wildman–Crippen MR) is 104 cm³/mol. The molecule has 1 aliphatic rings. The van der Waals surface area contributed by atoms with Gasteiger partial charge in [-0.1, -0.05) is 0 Å². The van der Waals surface area contributed by atoms with Crippen molar-refractivity contribution < 1.29 is 14.0 Å². The van der Waals surface area contributed by atoms with Crippen LogP contribution in [0.1, 0.15) is 47.6 Å². The molecule has 0 bridgehead atoms. The van der Waals surface area contributed by atoms with Gasteiger partial charge in [-0.15, -0.1) is 0 Å². The summed E-state index contributed by atoms with van der Waals surface area (Å²) in [5.41, 5.74) is 0.894. The molecule has 0 aromatic carbocycles. The molecule has 0 spiro atoms. The minimum atomic E-state index is -0.383. The summed E-state index contributed by atoms with van der Waals surface area (Å²) < 4.78 is 5.32. The molecule has 0 unspecified atom stereocenters. The van der Waals surface area contributed by atoms with Gasteiger partial charge in [0.05, 0.1) is 0 Å². The van der Waals surface area contributed by atoms with Crippen molar-refractivity contribution in [1.29, 1.82) is 0 Å². The molecule has 0 saturated heterocycles. The monoisotopic (exact) mass is 383 g/mol. The first-order valence-electron chi connectivity index (χ1n) is 9.60. The second-order valence-electron chi connectivity index (χ2n) is 7.19. The van der Waals surface area contributed by atoms with Crippen LogP contribution in [-0.4, -0.2) is 29.4 Å². The van der Waals surface area contributed by atoms with Crippen LogP contribution in [0.2, 0.25) is 0 Å². The van der Waals surface area contributed by atoms with E-state index in [1.165, 1.54) is 12.1 Å². The minimum absolute atomic E-state index is 0.0146. The third kappa shape index (κ3) is 5.52. The maximum Gasteiger partial charge on any atom is 0.287 e. The van der Waals surface area contributed by atoms with E-state index in [9.17, 15) is 14.4 Å². The van der Waals surface area contributed by atoms with Crippen molar-refractivity contribution in [2.24, 2.45) is 5.92 Å². The number of hydrogen-bond donors (Lipinski definition) is 2. The maximum absolute atomic E-state index is 12.4. The number of carbonyl (C=O) groups excluding carboxylic acids is 2. The molecule has 7 heteroatoms. The van der Waals surface area contributed by atoms with Crippen molar-refractivity contribution >= 4 is 11.8 Å². The summed E-state index contributed by atoms with van der Waals surface area (Å²) in [6.07, 6.45) is 7.17. The third-order valence-corrected chi connectivity index (χ3v) is 5.01. The van der Waals surface area contributed by atoms with Gasteiger partial charge in [-0.25, -0.2) is 0 Å². The SMILES string of the molecule is Cc1cc(=O)cc(C(=O)NC2CCC(C(=O)NCCc3ccncc3)CC2)o1. The molecule has 2 heterocycles. The van der Waals surface area contributed by atoms with Gasteiger partial charge in [0, 0.05) is 43.0 Å². The van der Waals surface area contributed by atoms with Crippen LogP contribution in [0.4, 0.5) is 0 Å². The fourth-order valence-corrected chi connectivity index (χ4v) is 3.50. The van der Waals surface area contributed by atoms with Crippen molar-refractivity contribution in [3.8, 4) is 0 Å². The smallest absolute Gasteiger partial charge is 0.287 e. The Morgan fingerprint density at radius 3 is 2.54 bits per heavy atom. The first-order chi connectivity index (χ1) is 13.5. The van der Waals surface area contributed by atoms with E-state index in [1.807, 2.05) is 12.1 Å². The zero-order valence-corrected chi connectivity index (χ0v) is 15.9. The molecule has 7 nitrogen and oxygen atoms in total. The van der Waals surface area contributed by atoms with Crippen molar-refractivity contribution in [1.82, 2.24) is 15.6 Å². The van der Waals surface area contributed by atoms with Gasteiger partial charge in [-0.2, -0.15) is 0 Å². The quantitative estimate of drug-likeness (QED) is 0.794. The number of aryl methyl sites for hydroxylation is 1. The number of carbonyl (C=O) groups is 2. The van der Waals surface area contributed by atoms with E-state index < -0.39 is 0 Å². The van der Waals surface area contributed by atoms with E-state index in [1.54, 1.807) is 19.3 Å². The van der Waals surface area contributed by atoms with Gasteiger partial charge in [-0.3, -0.25) is 19.4 Å². The second-order valence-corrected chi connectivity index (χ2v) is 7.19. The largest absolute Gasteiger partial charge is 0.456 e. The first-order valence-corrected chi connectivity index (χ1v) is 9.60. The predicted octanol–water partition coefficient (Wildman–Crippen LogP) is 1.99. The topological polar surface area (TPSA) is 101 Å². The molecule has 148 valence electrons. The van der Waals surface area contributed by atoms with Crippen molar-refractivity contribution in [2.45, 2.75) is 45.1 Å². The molecular formula is C21H25N3O4. The Labute approximate surface area is 163 Å². The zero-order chi connectivity index (χ0) is 19.9. The van der Waals surface area contributed by atoms with Gasteiger partial charge in [0.15, 0.2) is 11.2 Å². The summed E-state index contributed by atoms with van der Waals surface area (Å²) in [7, 11) is 0. The van der Waals surface area contributed by atoms with Crippen molar-refractivity contribution in [3.63, 3.8) is 0 Å². The Balaban J connectivity index is 1.41. The van der Waals surface area contributed by atoms with Gasteiger partial charge in [-0.05, 0) is 56.7 Å². The molecule has 0 atom stereocenters. The van der Waals surface area contributed by atoms with Crippen LogP contribution in [0.15, 0.2) is 45.9 Å². The van der Waals surface area contributed by atoms with E-state index in [0.717, 1.165) is 37.7 Å². The highest BCUT2D eigenvalue weighted by Gasteiger charge is 2.27. The van der Waals surface area contributed by atoms with E-state index >= 15 is 0 Å². The van der Waals surface area contributed by atoms with Gasteiger partial charge >= 0.3 is 0 Å². The summed E-state index contributed by atoms with van der Waals surface area (Å²) in [4.78, 5) is 40.1. The van der Waals surface area contributed by atoms with E-state index in [0.29, 0.717) is 12.3 Å². The molecule has 0 radical (unpaired) electrons. The molecule has 28 heavy (non-hydrogen) atoms. The van der Waals surface area contributed by atoms with E-state index in [2.05, 4.69) is 15.6 Å². The number of pyridine rings is 1. The highest BCUT2D eigenvalue weighted by atomic mass is 16.3. The van der Waals surface area contributed by atoms with Crippen LogP contribution in [0.5, 0.6) is 0 Å². The Morgan fingerprint density at radius 1 is 1.14 bits per heavy atom. The van der Waals surface area contributed by atoms with Crippen LogP contribution < -0.4 is 16.1 Å². The van der Waals surface area contributed by atoms with Crippen LogP contribution in [0, 0.1) is 12.8 Å². The average Bonchev–Trinajstić information content (AvgIpc) is 2.68. The number of nitrogens with zero attached hydrogens (tertiary/aromatic N) is 1. The van der Waals surface area contributed by atoms with Crippen LogP contribution in [-0.2, 0) is 11.2 Å². The zero-order valence-electron chi connectivity index (χ0n) is 15.9. The maximum atomic E-state index is 12.4. The molecule has 2 amide bonds. The molecule has 2 N–H and O–H groups in total. The summed E-state index contributed by atoms with van der Waals surface area (Å²) in [5.74, 6) is 0.0998. The lowest BCUT2D eigenvalue weighted by Gasteiger charge is -2.28. The standard InChI is InChI=1S/C21H25N3O4/c1-14-12-18(25)13-19(28-14)21(27)24-17-4-2-16(3-5-17)20(26)23-11-8-15-6-9-22-10-7-15/h6-7,9-10,12-13,16-17H,2-5,8,11H2,1H3,(H,23,26)(H,24,27). The normalized spacial score (nSPS) is 19.0. The molecule has 3 rings (SSSR count). The Kier molecular flexibility index (Phi) is 6.57. The van der Waals surface area contributed by atoms with Crippen LogP contribution in [0.25, 0.3) is 0 Å². The van der Waals surface area contributed by atoms with Gasteiger partial charge < -0.3 is 15.1 Å². The van der Waals surface area contributed by atoms with E-state index in [-0.39, 0.29) is 35.0 Å². The average molecular weight is 383 g/mol. The molecule has 0 aliphatic heterocycles. The highest BCUT2D eigenvalue weighted by Crippen LogP contribution is 2.24. The van der Waals surface area contributed by atoms with Gasteiger partial charge in [0.2, 0.25) is 5.91 Å². The molecule has 1 aliphatic carbocycles. The van der Waals surface area contributed by atoms with Crippen molar-refractivity contribution in [2.75, 3.05) is 6.54 Å². The first kappa shape index (κ1) is 19.8. The van der Waals surface area contributed by atoms with Crippen LogP contribution >= 0.6 is 0 Å². The Morgan fingerprint density at radius 2 is 1.86 bits per heavy atom. The van der Waals surface area contributed by atoms with E-state index in [4.69, 9.17) is 4.42 Å². The lowest BCUT2D eigenvalue weighted by Crippen LogP contribution is -2.41. The highest BCUT2D eigenvalue weighted by molar-refractivity contribution is 5.91. The molecule has 1 saturated carbocycles. The summed E-state index contributed by atoms with van der Waals surface area (Å²) in [6.45, 7) is 2.24. The Bertz CT molecular complexity index is 871. The summed E-state index contributed by atoms with van der Waals surface area (Å²) in [6, 6.07) is 6.41. The van der Waals surface area contributed by atoms with Crippen molar-refractivity contribution in [3.05, 3.63) is 64.0 Å². The third-order valence-electron chi connectivity index (χ3n) is 5.01. The fourth-order valence-electron chi connectivity index (χ4n) is 3.50. The number of amides is 2. The summed E-state index contributed by atoms with van der Waals surface area (Å²) >= 11 is 0. The summed E-state index contributed by atoms with van der Waals surface area (Å²) in [5, 5.41) is 5.90. The molecule has 2 aromatic rings. The molecule has 1 fully saturated rings.